The Hall–Kier alpha value is -0.170. The zero-order valence-electron chi connectivity index (χ0n) is 12.4. The molecule has 0 aromatic rings. The lowest BCUT2D eigenvalue weighted by Crippen LogP contribution is -2.48. The highest BCUT2D eigenvalue weighted by Crippen LogP contribution is 2.30. The first-order chi connectivity index (χ1) is 9.58. The molecule has 1 saturated carbocycles. The lowest BCUT2D eigenvalue weighted by Gasteiger charge is -2.33. The van der Waals surface area contributed by atoms with Crippen molar-refractivity contribution in [1.82, 2.24) is 14.5 Å². The average Bonchev–Trinajstić information content (AvgIpc) is 3.20. The van der Waals surface area contributed by atoms with Crippen molar-refractivity contribution >= 4 is 10.0 Å². The van der Waals surface area contributed by atoms with Gasteiger partial charge in [0.25, 0.3) is 0 Å². The quantitative estimate of drug-likeness (QED) is 0.809. The molecule has 1 unspecified atom stereocenters. The molecule has 0 spiro atoms. The number of sulfonamides is 1. The van der Waals surface area contributed by atoms with Crippen LogP contribution in [-0.4, -0.2) is 67.7 Å². The van der Waals surface area contributed by atoms with Crippen molar-refractivity contribution in [1.29, 1.82) is 0 Å². The molecule has 116 valence electrons. The maximum absolute atomic E-state index is 11.8. The maximum Gasteiger partial charge on any atom is 0.213 e. The fraction of sp³-hybridized carbons (Fsp3) is 1.00. The largest absolute Gasteiger partial charge is 0.310 e. The number of piperidine rings is 1. The lowest BCUT2D eigenvalue weighted by molar-refractivity contribution is 0.264. The van der Waals surface area contributed by atoms with E-state index in [0.29, 0.717) is 25.2 Å². The first-order valence-electron chi connectivity index (χ1n) is 8.06. The molecule has 5 nitrogen and oxygen atoms in total. The molecule has 20 heavy (non-hydrogen) atoms. The Balaban J connectivity index is 1.42. The van der Waals surface area contributed by atoms with Crippen LogP contribution in [0.25, 0.3) is 0 Å². The molecule has 6 heteroatoms. The maximum atomic E-state index is 11.8. The molecular formula is C14H27N3O2S. The number of nitrogens with zero attached hydrogens (tertiary/aromatic N) is 2. The highest BCUT2D eigenvalue weighted by molar-refractivity contribution is 7.89. The van der Waals surface area contributed by atoms with Gasteiger partial charge in [0.15, 0.2) is 0 Å². The summed E-state index contributed by atoms with van der Waals surface area (Å²) in [5.74, 6) is 0.226. The van der Waals surface area contributed by atoms with Crippen molar-refractivity contribution < 1.29 is 8.42 Å². The van der Waals surface area contributed by atoms with Crippen LogP contribution < -0.4 is 5.32 Å². The summed E-state index contributed by atoms with van der Waals surface area (Å²) >= 11 is 0. The second kappa shape index (κ2) is 5.91. The standard InChI is InChI=1S/C14H27N3O2S/c1-2-20(18,19)17-9-6-12(7-10-17)15-13-5-8-16(11-13)14-3-4-14/h12-15H,2-11H2,1H3. The van der Waals surface area contributed by atoms with E-state index >= 15 is 0 Å². The minimum Gasteiger partial charge on any atom is -0.310 e. The fourth-order valence-corrected chi connectivity index (χ4v) is 4.64. The molecular weight excluding hydrogens is 274 g/mol. The summed E-state index contributed by atoms with van der Waals surface area (Å²) in [6.45, 7) is 5.54. The molecule has 0 aromatic heterocycles. The van der Waals surface area contributed by atoms with Gasteiger partial charge in [-0.3, -0.25) is 4.90 Å². The number of hydrogen-bond donors (Lipinski definition) is 1. The van der Waals surface area contributed by atoms with Crippen LogP contribution in [0.3, 0.4) is 0 Å². The number of likely N-dealkylation sites (tertiary alicyclic amines) is 1. The summed E-state index contributed by atoms with van der Waals surface area (Å²) < 4.78 is 25.3. The third kappa shape index (κ3) is 3.35. The van der Waals surface area contributed by atoms with Gasteiger partial charge >= 0.3 is 0 Å². The van der Waals surface area contributed by atoms with Crippen molar-refractivity contribution in [2.75, 3.05) is 31.9 Å². The average molecular weight is 301 g/mol. The van der Waals surface area contributed by atoms with Crippen LogP contribution in [0.2, 0.25) is 0 Å². The summed E-state index contributed by atoms with van der Waals surface area (Å²) in [7, 11) is -2.99. The van der Waals surface area contributed by atoms with Gasteiger partial charge in [-0.1, -0.05) is 0 Å². The van der Waals surface area contributed by atoms with Crippen LogP contribution in [0, 0.1) is 0 Å². The smallest absolute Gasteiger partial charge is 0.213 e. The van der Waals surface area contributed by atoms with E-state index in [1.165, 1.54) is 32.4 Å². The molecule has 1 aliphatic carbocycles. The van der Waals surface area contributed by atoms with Gasteiger partial charge in [0.1, 0.15) is 0 Å². The van der Waals surface area contributed by atoms with E-state index in [9.17, 15) is 8.42 Å². The minimum absolute atomic E-state index is 0.226. The Kier molecular flexibility index (Phi) is 4.36. The summed E-state index contributed by atoms with van der Waals surface area (Å²) in [6, 6.07) is 2.00. The zero-order chi connectivity index (χ0) is 14.2. The molecule has 0 aromatic carbocycles. The Bertz CT molecular complexity index is 428. The molecule has 0 radical (unpaired) electrons. The summed E-state index contributed by atoms with van der Waals surface area (Å²) in [6.07, 6.45) is 5.95. The van der Waals surface area contributed by atoms with Gasteiger partial charge in [-0.05, 0) is 39.0 Å². The van der Waals surface area contributed by atoms with E-state index in [-0.39, 0.29) is 5.75 Å². The highest BCUT2D eigenvalue weighted by atomic mass is 32.2. The van der Waals surface area contributed by atoms with Crippen molar-refractivity contribution in [2.24, 2.45) is 0 Å². The normalized spacial score (nSPS) is 30.9. The van der Waals surface area contributed by atoms with Gasteiger partial charge in [0.05, 0.1) is 5.75 Å². The first kappa shape index (κ1) is 14.8. The molecule has 0 amide bonds. The number of rotatable bonds is 5. The second-order valence-electron chi connectivity index (χ2n) is 6.45. The topological polar surface area (TPSA) is 52.7 Å². The zero-order valence-corrected chi connectivity index (χ0v) is 13.2. The molecule has 2 heterocycles. The van der Waals surface area contributed by atoms with Gasteiger partial charge in [-0.25, -0.2) is 12.7 Å². The number of hydrogen-bond acceptors (Lipinski definition) is 4. The van der Waals surface area contributed by atoms with Crippen LogP contribution in [-0.2, 0) is 10.0 Å². The molecule has 1 atom stereocenters. The van der Waals surface area contributed by atoms with E-state index < -0.39 is 10.0 Å². The third-order valence-corrected chi connectivity index (χ3v) is 6.85. The van der Waals surface area contributed by atoms with E-state index in [0.717, 1.165) is 18.9 Å². The molecule has 0 bridgehead atoms. The van der Waals surface area contributed by atoms with E-state index in [1.54, 1.807) is 11.2 Å². The molecule has 2 saturated heterocycles. The molecule has 2 aliphatic heterocycles. The minimum atomic E-state index is -2.99. The molecule has 3 rings (SSSR count). The third-order valence-electron chi connectivity index (χ3n) is 4.97. The summed E-state index contributed by atoms with van der Waals surface area (Å²) in [5, 5.41) is 3.76. The van der Waals surface area contributed by atoms with Crippen molar-refractivity contribution in [3.63, 3.8) is 0 Å². The van der Waals surface area contributed by atoms with Gasteiger partial charge < -0.3 is 5.32 Å². The summed E-state index contributed by atoms with van der Waals surface area (Å²) in [4.78, 5) is 2.62. The number of nitrogens with one attached hydrogen (secondary N) is 1. The van der Waals surface area contributed by atoms with Crippen LogP contribution in [0.15, 0.2) is 0 Å². The van der Waals surface area contributed by atoms with Gasteiger partial charge in [0, 0.05) is 44.3 Å². The van der Waals surface area contributed by atoms with Gasteiger partial charge in [0.2, 0.25) is 10.0 Å². The van der Waals surface area contributed by atoms with E-state index in [1.807, 2.05) is 0 Å². The monoisotopic (exact) mass is 301 g/mol. The Labute approximate surface area is 122 Å². The van der Waals surface area contributed by atoms with E-state index in [2.05, 4.69) is 10.2 Å². The van der Waals surface area contributed by atoms with Crippen molar-refractivity contribution in [3.8, 4) is 0 Å². The second-order valence-corrected chi connectivity index (χ2v) is 8.71. The Morgan fingerprint density at radius 1 is 1.00 bits per heavy atom. The highest BCUT2D eigenvalue weighted by Gasteiger charge is 2.35. The molecule has 3 fully saturated rings. The van der Waals surface area contributed by atoms with Crippen LogP contribution in [0.1, 0.15) is 39.0 Å². The first-order valence-corrected chi connectivity index (χ1v) is 9.67. The Morgan fingerprint density at radius 3 is 2.25 bits per heavy atom. The van der Waals surface area contributed by atoms with Crippen molar-refractivity contribution in [3.05, 3.63) is 0 Å². The lowest BCUT2D eigenvalue weighted by atomic mass is 10.1. The molecule has 3 aliphatic rings. The Morgan fingerprint density at radius 2 is 1.65 bits per heavy atom. The predicted molar refractivity (Wildman–Crippen MR) is 80.2 cm³/mol. The van der Waals surface area contributed by atoms with E-state index in [4.69, 9.17) is 0 Å². The summed E-state index contributed by atoms with van der Waals surface area (Å²) in [5.41, 5.74) is 0. The van der Waals surface area contributed by atoms with Crippen LogP contribution in [0.5, 0.6) is 0 Å². The molecule has 1 N–H and O–H groups in total. The van der Waals surface area contributed by atoms with Crippen LogP contribution in [0.4, 0.5) is 0 Å². The van der Waals surface area contributed by atoms with Crippen molar-refractivity contribution in [2.45, 2.75) is 57.2 Å². The predicted octanol–water partition coefficient (Wildman–Crippen LogP) is 0.627. The van der Waals surface area contributed by atoms with Gasteiger partial charge in [-0.15, -0.1) is 0 Å². The van der Waals surface area contributed by atoms with Crippen LogP contribution >= 0.6 is 0 Å². The SMILES string of the molecule is CCS(=O)(=O)N1CCC(NC2CCN(C3CC3)C2)CC1. The van der Waals surface area contributed by atoms with Gasteiger partial charge in [-0.2, -0.15) is 0 Å². The fourth-order valence-electron chi connectivity index (χ4n) is 3.51.